The fraction of sp³-hybridized carbons (Fsp3) is 0.600. The number of benzene rings is 1. The van der Waals surface area contributed by atoms with E-state index >= 15 is 0 Å². The average molecular weight is 359 g/mol. The van der Waals surface area contributed by atoms with Crippen LogP contribution in [0.3, 0.4) is 0 Å². The first-order valence-electron chi connectivity index (χ1n) is 7.04. The van der Waals surface area contributed by atoms with Gasteiger partial charge in [-0.1, -0.05) is 29.8 Å². The molecule has 0 saturated carbocycles. The zero-order chi connectivity index (χ0) is 14.6. The van der Waals surface area contributed by atoms with E-state index in [0.717, 1.165) is 37.3 Å². The highest BCUT2D eigenvalue weighted by Gasteiger charge is 2.31. The number of nitrogens with zero attached hydrogens (tertiary/aromatic N) is 1. The van der Waals surface area contributed by atoms with Crippen molar-refractivity contribution >= 4 is 24.8 Å². The van der Waals surface area contributed by atoms with Crippen LogP contribution in [-0.4, -0.2) is 37.3 Å². The van der Waals surface area contributed by atoms with Crippen molar-refractivity contribution in [2.45, 2.75) is 32.0 Å². The quantitative estimate of drug-likeness (QED) is 0.870. The Bertz CT molecular complexity index is 435. The average Bonchev–Trinajstić information content (AvgIpc) is 2.39. The molecule has 7 heteroatoms. The first-order valence-corrected chi connectivity index (χ1v) is 7.04. The van der Waals surface area contributed by atoms with Crippen LogP contribution in [-0.2, 0) is 0 Å². The number of halogens is 5. The number of hydrogen-bond acceptors (Lipinski definition) is 2. The van der Waals surface area contributed by atoms with Crippen LogP contribution in [0.4, 0.5) is 13.2 Å². The Morgan fingerprint density at radius 1 is 1.18 bits per heavy atom. The summed E-state index contributed by atoms with van der Waals surface area (Å²) in [6.07, 6.45) is -4.68. The fourth-order valence-corrected chi connectivity index (χ4v) is 2.73. The summed E-state index contributed by atoms with van der Waals surface area (Å²) in [5, 5.41) is 3.24. The Morgan fingerprint density at radius 3 is 2.36 bits per heavy atom. The van der Waals surface area contributed by atoms with Gasteiger partial charge in [0.15, 0.2) is 0 Å². The molecule has 1 saturated heterocycles. The topological polar surface area (TPSA) is 15.3 Å². The highest BCUT2D eigenvalue weighted by Crippen LogP contribution is 2.31. The van der Waals surface area contributed by atoms with Crippen LogP contribution in [0.2, 0.25) is 0 Å². The monoisotopic (exact) mass is 358 g/mol. The molecule has 0 aliphatic carbocycles. The number of piperazine rings is 1. The first-order chi connectivity index (χ1) is 9.46. The molecule has 1 heterocycles. The van der Waals surface area contributed by atoms with E-state index in [0.29, 0.717) is 0 Å². The lowest BCUT2D eigenvalue weighted by Crippen LogP contribution is -2.45. The minimum Gasteiger partial charge on any atom is -0.314 e. The summed E-state index contributed by atoms with van der Waals surface area (Å²) < 4.78 is 37.6. The molecule has 0 unspecified atom stereocenters. The largest absolute Gasteiger partial charge is 0.389 e. The molecular formula is C15H23Cl2F3N2. The molecule has 1 aromatic carbocycles. The number of rotatable bonds is 4. The highest BCUT2D eigenvalue weighted by molar-refractivity contribution is 5.85. The summed E-state index contributed by atoms with van der Waals surface area (Å²) in [5.74, 6) is 0. The molecular weight excluding hydrogens is 336 g/mol. The van der Waals surface area contributed by atoms with E-state index < -0.39 is 12.6 Å². The van der Waals surface area contributed by atoms with Gasteiger partial charge in [0.2, 0.25) is 0 Å². The predicted octanol–water partition coefficient (Wildman–Crippen LogP) is 4.13. The molecule has 0 radical (unpaired) electrons. The van der Waals surface area contributed by atoms with E-state index in [-0.39, 0.29) is 37.3 Å². The van der Waals surface area contributed by atoms with Crippen molar-refractivity contribution in [3.05, 3.63) is 35.4 Å². The van der Waals surface area contributed by atoms with Gasteiger partial charge in [0.25, 0.3) is 0 Å². The minimum atomic E-state index is -4.09. The van der Waals surface area contributed by atoms with Crippen LogP contribution in [0.1, 0.15) is 30.0 Å². The van der Waals surface area contributed by atoms with Crippen LogP contribution >= 0.6 is 24.8 Å². The molecule has 1 fully saturated rings. The summed E-state index contributed by atoms with van der Waals surface area (Å²) >= 11 is 0. The molecule has 1 aliphatic rings. The van der Waals surface area contributed by atoms with E-state index in [9.17, 15) is 13.2 Å². The SMILES string of the molecule is Cc1cccc([C@H](CCC(F)(F)F)N2CCNCC2)c1.Cl.Cl. The van der Waals surface area contributed by atoms with Crippen molar-refractivity contribution in [3.8, 4) is 0 Å². The third-order valence-electron chi connectivity index (χ3n) is 3.72. The van der Waals surface area contributed by atoms with Gasteiger partial charge in [-0.2, -0.15) is 13.2 Å². The zero-order valence-electron chi connectivity index (χ0n) is 12.5. The number of alkyl halides is 3. The summed E-state index contributed by atoms with van der Waals surface area (Å²) in [6.45, 7) is 5.26. The number of nitrogens with one attached hydrogen (secondary N) is 1. The normalized spacial score (nSPS) is 17.3. The van der Waals surface area contributed by atoms with Gasteiger partial charge in [-0.3, -0.25) is 4.90 Å². The van der Waals surface area contributed by atoms with E-state index in [1.165, 1.54) is 0 Å². The van der Waals surface area contributed by atoms with Crippen molar-refractivity contribution in [2.24, 2.45) is 0 Å². The molecule has 1 aromatic rings. The Labute approximate surface area is 142 Å². The zero-order valence-corrected chi connectivity index (χ0v) is 14.2. The van der Waals surface area contributed by atoms with Gasteiger partial charge in [-0.25, -0.2) is 0 Å². The molecule has 0 aromatic heterocycles. The summed E-state index contributed by atoms with van der Waals surface area (Å²) in [4.78, 5) is 2.16. The molecule has 1 N–H and O–H groups in total. The van der Waals surface area contributed by atoms with Crippen molar-refractivity contribution < 1.29 is 13.2 Å². The van der Waals surface area contributed by atoms with Crippen molar-refractivity contribution in [1.82, 2.24) is 10.2 Å². The lowest BCUT2D eigenvalue weighted by Gasteiger charge is -2.35. The van der Waals surface area contributed by atoms with Crippen LogP contribution in [0.25, 0.3) is 0 Å². The Hall–Kier alpha value is -0.490. The van der Waals surface area contributed by atoms with E-state index in [2.05, 4.69) is 10.2 Å². The summed E-state index contributed by atoms with van der Waals surface area (Å²) in [5.41, 5.74) is 2.09. The van der Waals surface area contributed by atoms with Gasteiger partial charge in [0, 0.05) is 38.6 Å². The van der Waals surface area contributed by atoms with E-state index in [1.54, 1.807) is 0 Å². The summed E-state index contributed by atoms with van der Waals surface area (Å²) in [7, 11) is 0. The van der Waals surface area contributed by atoms with E-state index in [4.69, 9.17) is 0 Å². The van der Waals surface area contributed by atoms with Crippen LogP contribution in [0, 0.1) is 6.92 Å². The molecule has 22 heavy (non-hydrogen) atoms. The lowest BCUT2D eigenvalue weighted by atomic mass is 9.98. The second kappa shape index (κ2) is 9.60. The predicted molar refractivity (Wildman–Crippen MR) is 88.1 cm³/mol. The van der Waals surface area contributed by atoms with Crippen LogP contribution in [0.15, 0.2) is 24.3 Å². The first kappa shape index (κ1) is 21.5. The van der Waals surface area contributed by atoms with Crippen molar-refractivity contribution in [1.29, 1.82) is 0 Å². The maximum atomic E-state index is 12.5. The van der Waals surface area contributed by atoms with Crippen LogP contribution < -0.4 is 5.32 Å². The Morgan fingerprint density at radius 2 is 1.82 bits per heavy atom. The maximum absolute atomic E-state index is 12.5. The molecule has 2 rings (SSSR count). The van der Waals surface area contributed by atoms with Gasteiger partial charge in [0.05, 0.1) is 0 Å². The lowest BCUT2D eigenvalue weighted by molar-refractivity contribution is -0.138. The van der Waals surface area contributed by atoms with Gasteiger partial charge in [-0.05, 0) is 18.9 Å². The molecule has 0 spiro atoms. The fourth-order valence-electron chi connectivity index (χ4n) is 2.73. The maximum Gasteiger partial charge on any atom is 0.389 e. The van der Waals surface area contributed by atoms with E-state index in [1.807, 2.05) is 31.2 Å². The van der Waals surface area contributed by atoms with Crippen LogP contribution in [0.5, 0.6) is 0 Å². The number of hydrogen-bond donors (Lipinski definition) is 1. The van der Waals surface area contributed by atoms with Gasteiger partial charge in [0.1, 0.15) is 0 Å². The number of aryl methyl sites for hydroxylation is 1. The Balaban J connectivity index is 0.00000220. The molecule has 128 valence electrons. The second-order valence-electron chi connectivity index (χ2n) is 5.37. The smallest absolute Gasteiger partial charge is 0.314 e. The van der Waals surface area contributed by atoms with Gasteiger partial charge in [-0.15, -0.1) is 24.8 Å². The third kappa shape index (κ3) is 6.73. The third-order valence-corrected chi connectivity index (χ3v) is 3.72. The molecule has 2 nitrogen and oxygen atoms in total. The molecule has 0 amide bonds. The minimum absolute atomic E-state index is 0. The molecule has 0 bridgehead atoms. The Kier molecular flexibility index (Phi) is 9.39. The highest BCUT2D eigenvalue weighted by atomic mass is 35.5. The second-order valence-corrected chi connectivity index (χ2v) is 5.37. The van der Waals surface area contributed by atoms with Gasteiger partial charge >= 0.3 is 6.18 Å². The van der Waals surface area contributed by atoms with Gasteiger partial charge < -0.3 is 5.32 Å². The van der Waals surface area contributed by atoms with Crippen molar-refractivity contribution in [2.75, 3.05) is 26.2 Å². The molecule has 1 aliphatic heterocycles. The summed E-state index contributed by atoms with van der Waals surface area (Å²) in [6, 6.07) is 7.70. The standard InChI is InChI=1S/C15H21F3N2.2ClH/c1-12-3-2-4-13(11-12)14(5-6-15(16,17)18)20-9-7-19-8-10-20;;/h2-4,11,14,19H,5-10H2,1H3;2*1H/t14-;;/m0../s1. The molecule has 1 atom stereocenters. The van der Waals surface area contributed by atoms with Crippen molar-refractivity contribution in [3.63, 3.8) is 0 Å².